The van der Waals surface area contributed by atoms with Gasteiger partial charge in [-0.3, -0.25) is 9.79 Å². The average molecular weight is 490 g/mol. The van der Waals surface area contributed by atoms with Gasteiger partial charge in [-0.25, -0.2) is 4.79 Å². The molecule has 0 bridgehead atoms. The van der Waals surface area contributed by atoms with Crippen LogP contribution in [0.15, 0.2) is 41.4 Å². The summed E-state index contributed by atoms with van der Waals surface area (Å²) in [6, 6.07) is 10.0. The highest BCUT2D eigenvalue weighted by atomic mass is 35.5. The molecule has 0 saturated carbocycles. The maximum Gasteiger partial charge on any atom is 0.338 e. The number of hydrogen-bond acceptors (Lipinski definition) is 6. The standard InChI is InChI=1S/C19H15Cl3N2O3S2/c20-12-7-14(21)17(15(22)8-12)24-16(25)9-27-18(26)13-4-2-1-3-11(13)10-29-19-23-5-6-28-19/h1-4,7-8H,5-6,9-10H2,(H,24,25). The molecular formula is C19H15Cl3N2O3S2. The fourth-order valence-corrected chi connectivity index (χ4v) is 5.36. The SMILES string of the molecule is O=C(COC(=O)c1ccccc1CSC1=NCCS1)Nc1c(Cl)cc(Cl)cc1Cl. The number of esters is 1. The van der Waals surface area contributed by atoms with Crippen LogP contribution >= 0.6 is 58.3 Å². The number of carbonyl (C=O) groups is 2. The van der Waals surface area contributed by atoms with Crippen molar-refractivity contribution in [2.24, 2.45) is 4.99 Å². The lowest BCUT2D eigenvalue weighted by atomic mass is 10.1. The summed E-state index contributed by atoms with van der Waals surface area (Å²) < 4.78 is 6.19. The Morgan fingerprint density at radius 3 is 2.59 bits per heavy atom. The summed E-state index contributed by atoms with van der Waals surface area (Å²) in [7, 11) is 0. The predicted molar refractivity (Wildman–Crippen MR) is 123 cm³/mol. The van der Waals surface area contributed by atoms with Gasteiger partial charge in [0.05, 0.1) is 27.8 Å². The third kappa shape index (κ3) is 6.30. The van der Waals surface area contributed by atoms with Crippen molar-refractivity contribution in [3.8, 4) is 0 Å². The maximum atomic E-state index is 12.5. The third-order valence-corrected chi connectivity index (χ3v) is 6.87. The molecular weight excluding hydrogens is 475 g/mol. The van der Waals surface area contributed by atoms with Crippen LogP contribution in [0.1, 0.15) is 15.9 Å². The number of benzene rings is 2. The molecule has 1 aliphatic heterocycles. The van der Waals surface area contributed by atoms with Crippen LogP contribution in [-0.4, -0.2) is 35.2 Å². The van der Waals surface area contributed by atoms with E-state index in [0.29, 0.717) is 16.3 Å². The number of nitrogens with zero attached hydrogens (tertiary/aromatic N) is 1. The fraction of sp³-hybridized carbons (Fsp3) is 0.211. The molecule has 0 unspecified atom stereocenters. The minimum absolute atomic E-state index is 0.192. The first-order chi connectivity index (χ1) is 13.9. The molecule has 0 aromatic heterocycles. The number of hydrogen-bond donors (Lipinski definition) is 1. The van der Waals surface area contributed by atoms with Crippen LogP contribution in [-0.2, 0) is 15.3 Å². The monoisotopic (exact) mass is 488 g/mol. The van der Waals surface area contributed by atoms with Crippen LogP contribution in [0.4, 0.5) is 5.69 Å². The molecule has 152 valence electrons. The number of ether oxygens (including phenoxy) is 1. The molecule has 1 heterocycles. The van der Waals surface area contributed by atoms with Gasteiger partial charge in [0.1, 0.15) is 4.38 Å². The highest BCUT2D eigenvalue weighted by Crippen LogP contribution is 2.33. The quantitative estimate of drug-likeness (QED) is 0.521. The summed E-state index contributed by atoms with van der Waals surface area (Å²) in [6.07, 6.45) is 0. The van der Waals surface area contributed by atoms with Gasteiger partial charge in [0, 0.05) is 16.5 Å². The molecule has 0 fully saturated rings. The van der Waals surface area contributed by atoms with Crippen molar-refractivity contribution in [1.82, 2.24) is 0 Å². The summed E-state index contributed by atoms with van der Waals surface area (Å²) >= 11 is 21.2. The number of amides is 1. The summed E-state index contributed by atoms with van der Waals surface area (Å²) in [5.74, 6) is 0.445. The topological polar surface area (TPSA) is 67.8 Å². The zero-order chi connectivity index (χ0) is 20.8. The van der Waals surface area contributed by atoms with Crippen molar-refractivity contribution in [3.63, 3.8) is 0 Å². The Morgan fingerprint density at radius 1 is 1.17 bits per heavy atom. The zero-order valence-corrected chi connectivity index (χ0v) is 18.8. The van der Waals surface area contributed by atoms with Crippen LogP contribution in [0.5, 0.6) is 0 Å². The van der Waals surface area contributed by atoms with Crippen molar-refractivity contribution in [2.45, 2.75) is 5.75 Å². The van der Waals surface area contributed by atoms with Crippen LogP contribution in [0, 0.1) is 0 Å². The van der Waals surface area contributed by atoms with Gasteiger partial charge in [0.15, 0.2) is 6.61 Å². The first-order valence-electron chi connectivity index (χ1n) is 8.43. The summed E-state index contributed by atoms with van der Waals surface area (Å²) in [4.78, 5) is 29.0. The van der Waals surface area contributed by atoms with Crippen molar-refractivity contribution in [2.75, 3.05) is 24.2 Å². The number of aliphatic imine (C=N–C) groups is 1. The van der Waals surface area contributed by atoms with E-state index >= 15 is 0 Å². The van der Waals surface area contributed by atoms with Crippen molar-refractivity contribution >= 4 is 80.3 Å². The van der Waals surface area contributed by atoms with Crippen LogP contribution in [0.3, 0.4) is 0 Å². The second-order valence-electron chi connectivity index (χ2n) is 5.81. The third-order valence-electron chi connectivity index (χ3n) is 3.75. The Morgan fingerprint density at radius 2 is 1.90 bits per heavy atom. The number of thioether (sulfide) groups is 2. The lowest BCUT2D eigenvalue weighted by Gasteiger charge is -2.11. The molecule has 0 atom stereocenters. The molecule has 1 amide bonds. The first-order valence-corrected chi connectivity index (χ1v) is 11.5. The molecule has 3 rings (SSSR count). The summed E-state index contributed by atoms with van der Waals surface area (Å²) in [5.41, 5.74) is 1.45. The van der Waals surface area contributed by atoms with Gasteiger partial charge in [-0.05, 0) is 23.8 Å². The minimum Gasteiger partial charge on any atom is -0.452 e. The fourth-order valence-electron chi connectivity index (χ4n) is 2.43. The molecule has 0 saturated heterocycles. The molecule has 29 heavy (non-hydrogen) atoms. The highest BCUT2D eigenvalue weighted by molar-refractivity contribution is 8.38. The van der Waals surface area contributed by atoms with E-state index in [2.05, 4.69) is 10.3 Å². The van der Waals surface area contributed by atoms with Crippen molar-refractivity contribution in [1.29, 1.82) is 0 Å². The van der Waals surface area contributed by atoms with E-state index < -0.39 is 18.5 Å². The van der Waals surface area contributed by atoms with Gasteiger partial charge < -0.3 is 10.1 Å². The van der Waals surface area contributed by atoms with E-state index in [1.165, 1.54) is 12.1 Å². The zero-order valence-electron chi connectivity index (χ0n) is 14.9. The second kappa shape index (κ2) is 10.6. The van der Waals surface area contributed by atoms with Gasteiger partial charge >= 0.3 is 5.97 Å². The molecule has 2 aromatic carbocycles. The van der Waals surface area contributed by atoms with Crippen LogP contribution in [0.2, 0.25) is 15.1 Å². The van der Waals surface area contributed by atoms with E-state index in [0.717, 1.165) is 22.2 Å². The Kier molecular flexibility index (Phi) is 8.15. The second-order valence-corrected chi connectivity index (χ2v) is 9.37. The largest absolute Gasteiger partial charge is 0.452 e. The van der Waals surface area contributed by atoms with Crippen LogP contribution < -0.4 is 5.32 Å². The highest BCUT2D eigenvalue weighted by Gasteiger charge is 2.17. The molecule has 1 aliphatic rings. The van der Waals surface area contributed by atoms with Gasteiger partial charge in [-0.1, -0.05) is 76.5 Å². The molecule has 10 heteroatoms. The Labute approximate surface area is 191 Å². The number of anilines is 1. The molecule has 1 N–H and O–H groups in total. The molecule has 2 aromatic rings. The number of halogens is 3. The van der Waals surface area contributed by atoms with Crippen molar-refractivity contribution < 1.29 is 14.3 Å². The predicted octanol–water partition coefficient (Wildman–Crippen LogP) is 5.78. The van der Waals surface area contributed by atoms with E-state index in [4.69, 9.17) is 39.5 Å². The van der Waals surface area contributed by atoms with E-state index in [-0.39, 0.29) is 15.7 Å². The summed E-state index contributed by atoms with van der Waals surface area (Å²) in [5, 5.41) is 3.26. The van der Waals surface area contributed by atoms with Gasteiger partial charge in [-0.2, -0.15) is 0 Å². The maximum absolute atomic E-state index is 12.5. The molecule has 0 radical (unpaired) electrons. The van der Waals surface area contributed by atoms with E-state index in [1.54, 1.807) is 35.7 Å². The number of nitrogens with one attached hydrogen (secondary N) is 1. The number of carbonyl (C=O) groups excluding carboxylic acids is 2. The van der Waals surface area contributed by atoms with E-state index in [1.807, 2.05) is 12.1 Å². The lowest BCUT2D eigenvalue weighted by molar-refractivity contribution is -0.119. The van der Waals surface area contributed by atoms with E-state index in [9.17, 15) is 9.59 Å². The van der Waals surface area contributed by atoms with Gasteiger partial charge in [-0.15, -0.1) is 0 Å². The molecule has 0 aliphatic carbocycles. The van der Waals surface area contributed by atoms with Gasteiger partial charge in [0.2, 0.25) is 0 Å². The van der Waals surface area contributed by atoms with Gasteiger partial charge in [0.25, 0.3) is 5.91 Å². The normalized spacial score (nSPS) is 13.1. The van der Waals surface area contributed by atoms with Crippen LogP contribution in [0.25, 0.3) is 0 Å². The summed E-state index contributed by atoms with van der Waals surface area (Å²) in [6.45, 7) is 0.353. The van der Waals surface area contributed by atoms with Crippen molar-refractivity contribution in [3.05, 3.63) is 62.6 Å². The number of rotatable bonds is 6. The molecule has 0 spiro atoms. The average Bonchev–Trinajstić information content (AvgIpc) is 3.21. The first kappa shape index (κ1) is 22.3. The lowest BCUT2D eigenvalue weighted by Crippen LogP contribution is -2.21. The smallest absolute Gasteiger partial charge is 0.338 e. The minimum atomic E-state index is -0.578. The Bertz CT molecular complexity index is 946. The molecule has 5 nitrogen and oxygen atoms in total. The Hall–Kier alpha value is -1.38. The Balaban J connectivity index is 1.58.